The van der Waals surface area contributed by atoms with Crippen molar-refractivity contribution in [3.05, 3.63) is 60.6 Å². The van der Waals surface area contributed by atoms with E-state index in [-0.39, 0.29) is 0 Å². The van der Waals surface area contributed by atoms with Crippen LogP contribution in [0.4, 0.5) is 17.5 Å². The van der Waals surface area contributed by atoms with Gasteiger partial charge in [-0.25, -0.2) is 23.4 Å². The summed E-state index contributed by atoms with van der Waals surface area (Å²) >= 11 is 0. The molecule has 0 saturated carbocycles. The summed E-state index contributed by atoms with van der Waals surface area (Å²) in [4.78, 5) is 15.2. The van der Waals surface area contributed by atoms with Crippen LogP contribution in [0.1, 0.15) is 5.56 Å². The van der Waals surface area contributed by atoms with Crippen molar-refractivity contribution >= 4 is 27.5 Å². The van der Waals surface area contributed by atoms with E-state index < -0.39 is 10.0 Å². The molecule has 0 radical (unpaired) electrons. The smallest absolute Gasteiger partial charge is 0.243 e. The third kappa shape index (κ3) is 4.04. The van der Waals surface area contributed by atoms with Crippen LogP contribution in [0.2, 0.25) is 0 Å². The van der Waals surface area contributed by atoms with Crippen LogP contribution in [0.15, 0.2) is 59.9 Å². The molecule has 160 valence electrons. The van der Waals surface area contributed by atoms with Gasteiger partial charge >= 0.3 is 0 Å². The molecule has 2 aliphatic rings. The predicted octanol–water partition coefficient (Wildman–Crippen LogP) is 2.06. The molecule has 0 amide bonds. The number of pyridine rings is 1. The zero-order chi connectivity index (χ0) is 21.3. The summed E-state index contributed by atoms with van der Waals surface area (Å²) in [6.07, 6.45) is 3.95. The average molecular weight is 439 g/mol. The first-order valence-corrected chi connectivity index (χ1v) is 11.5. The number of aromatic nitrogens is 3. The van der Waals surface area contributed by atoms with Crippen LogP contribution in [0.25, 0.3) is 0 Å². The van der Waals surface area contributed by atoms with Gasteiger partial charge in [-0.15, -0.1) is 0 Å². The summed E-state index contributed by atoms with van der Waals surface area (Å²) in [5.41, 5.74) is 0.952. The molecule has 0 unspecified atom stereocenters. The molecule has 9 nitrogen and oxygen atoms in total. The first kappa shape index (κ1) is 19.7. The predicted molar refractivity (Wildman–Crippen MR) is 116 cm³/mol. The van der Waals surface area contributed by atoms with E-state index in [1.54, 1.807) is 24.4 Å². The molecular formula is C21H22N6O3S. The van der Waals surface area contributed by atoms with Crippen molar-refractivity contribution in [2.75, 3.05) is 43.0 Å². The first-order chi connectivity index (χ1) is 15.1. The second-order valence-electron chi connectivity index (χ2n) is 7.36. The Kier molecular flexibility index (Phi) is 5.16. The van der Waals surface area contributed by atoms with Crippen LogP contribution in [0, 0.1) is 0 Å². The number of piperazine rings is 1. The van der Waals surface area contributed by atoms with Gasteiger partial charge in [-0.2, -0.15) is 4.31 Å². The number of sulfonamides is 1. The molecule has 0 aliphatic carbocycles. The van der Waals surface area contributed by atoms with Crippen molar-refractivity contribution in [1.82, 2.24) is 19.3 Å². The summed E-state index contributed by atoms with van der Waals surface area (Å²) in [5, 5.41) is 3.15. The molecule has 1 aromatic carbocycles. The third-order valence-electron chi connectivity index (χ3n) is 5.44. The molecule has 2 aliphatic heterocycles. The normalized spacial score (nSPS) is 16.6. The van der Waals surface area contributed by atoms with E-state index in [1.807, 2.05) is 24.3 Å². The van der Waals surface area contributed by atoms with Crippen LogP contribution < -0.4 is 15.0 Å². The molecule has 1 saturated heterocycles. The van der Waals surface area contributed by atoms with Crippen LogP contribution >= 0.6 is 0 Å². The third-order valence-corrected chi connectivity index (χ3v) is 7.33. The number of anilines is 3. The van der Waals surface area contributed by atoms with E-state index in [9.17, 15) is 8.42 Å². The first-order valence-electron chi connectivity index (χ1n) is 10.1. The van der Waals surface area contributed by atoms with Crippen LogP contribution in [-0.4, -0.2) is 60.5 Å². The maximum Gasteiger partial charge on any atom is 0.243 e. The van der Waals surface area contributed by atoms with E-state index >= 15 is 0 Å². The van der Waals surface area contributed by atoms with Crippen molar-refractivity contribution < 1.29 is 13.2 Å². The monoisotopic (exact) mass is 438 g/mol. The van der Waals surface area contributed by atoms with Gasteiger partial charge in [0.15, 0.2) is 0 Å². The molecule has 0 bridgehead atoms. The summed E-state index contributed by atoms with van der Waals surface area (Å²) in [6.45, 7) is 2.49. The topological polar surface area (TPSA) is 101 Å². The number of benzene rings is 1. The van der Waals surface area contributed by atoms with Crippen LogP contribution in [0.5, 0.6) is 5.75 Å². The molecule has 10 heteroatoms. The Labute approximate surface area is 180 Å². The van der Waals surface area contributed by atoms with Gasteiger partial charge in [0.2, 0.25) is 10.0 Å². The Balaban J connectivity index is 1.27. The van der Waals surface area contributed by atoms with E-state index in [4.69, 9.17) is 4.74 Å². The van der Waals surface area contributed by atoms with Gasteiger partial charge < -0.3 is 15.0 Å². The lowest BCUT2D eigenvalue weighted by Gasteiger charge is -2.34. The van der Waals surface area contributed by atoms with Gasteiger partial charge in [-0.1, -0.05) is 6.07 Å². The highest BCUT2D eigenvalue weighted by Crippen LogP contribution is 2.29. The van der Waals surface area contributed by atoms with Gasteiger partial charge in [0.05, 0.1) is 11.5 Å². The van der Waals surface area contributed by atoms with Crippen molar-refractivity contribution in [2.45, 2.75) is 11.3 Å². The number of rotatable bonds is 5. The number of hydrogen-bond donors (Lipinski definition) is 1. The summed E-state index contributed by atoms with van der Waals surface area (Å²) < 4.78 is 33.2. The number of nitrogens with one attached hydrogen (secondary N) is 1. The molecule has 31 heavy (non-hydrogen) atoms. The van der Waals surface area contributed by atoms with Gasteiger partial charge in [0, 0.05) is 44.9 Å². The Morgan fingerprint density at radius 3 is 2.61 bits per heavy atom. The Hall–Kier alpha value is -3.24. The van der Waals surface area contributed by atoms with Gasteiger partial charge in [-0.05, 0) is 35.9 Å². The molecule has 0 atom stereocenters. The lowest BCUT2D eigenvalue weighted by Crippen LogP contribution is -2.48. The summed E-state index contributed by atoms with van der Waals surface area (Å²) in [7, 11) is -3.54. The quantitative estimate of drug-likeness (QED) is 0.646. The Morgan fingerprint density at radius 1 is 0.935 bits per heavy atom. The maximum atomic E-state index is 13.1. The van der Waals surface area contributed by atoms with Crippen molar-refractivity contribution in [2.24, 2.45) is 0 Å². The molecule has 0 spiro atoms. The van der Waals surface area contributed by atoms with E-state index in [0.29, 0.717) is 49.3 Å². The molecule has 3 aromatic rings. The molecule has 4 heterocycles. The zero-order valence-electron chi connectivity index (χ0n) is 16.8. The van der Waals surface area contributed by atoms with Gasteiger partial charge in [0.25, 0.3) is 0 Å². The number of ether oxygens (including phenoxy) is 1. The molecular weight excluding hydrogens is 416 g/mol. The number of hydrogen-bond acceptors (Lipinski definition) is 8. The summed E-state index contributed by atoms with van der Waals surface area (Å²) in [6, 6.07) is 12.6. The minimum absolute atomic E-state index is 0.328. The maximum absolute atomic E-state index is 13.1. The van der Waals surface area contributed by atoms with E-state index in [2.05, 4.69) is 25.2 Å². The van der Waals surface area contributed by atoms with Crippen molar-refractivity contribution in [1.29, 1.82) is 0 Å². The highest BCUT2D eigenvalue weighted by Gasteiger charge is 2.30. The lowest BCUT2D eigenvalue weighted by molar-refractivity contribution is 0.356. The number of nitrogens with zero attached hydrogens (tertiary/aromatic N) is 5. The van der Waals surface area contributed by atoms with Gasteiger partial charge in [0.1, 0.15) is 29.5 Å². The zero-order valence-corrected chi connectivity index (χ0v) is 17.6. The molecule has 5 rings (SSSR count). The lowest BCUT2D eigenvalue weighted by atomic mass is 10.2. The standard InChI is InChI=1S/C21H22N6O3S/c28-31(29,17-4-5-18-16(13-17)6-12-30-18)27-10-8-26(9-11-27)21-14-20(23-15-24-21)25-19-3-1-2-7-22-19/h1-5,7,13-15H,6,8-12H2,(H,22,23,24,25). The van der Waals surface area contributed by atoms with E-state index in [1.165, 1.54) is 10.6 Å². The fourth-order valence-corrected chi connectivity index (χ4v) is 5.26. The SMILES string of the molecule is O=S(=O)(c1ccc2c(c1)CCO2)N1CCN(c2cc(Nc3ccccn3)ncn2)CC1. The average Bonchev–Trinajstić information content (AvgIpc) is 3.28. The van der Waals surface area contributed by atoms with Crippen molar-refractivity contribution in [3.8, 4) is 5.75 Å². The largest absolute Gasteiger partial charge is 0.493 e. The minimum Gasteiger partial charge on any atom is -0.493 e. The highest BCUT2D eigenvalue weighted by molar-refractivity contribution is 7.89. The fourth-order valence-electron chi connectivity index (χ4n) is 3.79. The fraction of sp³-hybridized carbons (Fsp3) is 0.286. The molecule has 1 N–H and O–H groups in total. The van der Waals surface area contributed by atoms with Crippen molar-refractivity contribution in [3.63, 3.8) is 0 Å². The van der Waals surface area contributed by atoms with E-state index in [0.717, 1.165) is 23.6 Å². The highest BCUT2D eigenvalue weighted by atomic mass is 32.2. The summed E-state index contributed by atoms with van der Waals surface area (Å²) in [5.74, 6) is 2.87. The minimum atomic E-state index is -3.54. The molecule has 2 aromatic heterocycles. The number of fused-ring (bicyclic) bond motifs is 1. The Morgan fingerprint density at radius 2 is 1.81 bits per heavy atom. The second-order valence-corrected chi connectivity index (χ2v) is 9.30. The van der Waals surface area contributed by atoms with Gasteiger partial charge in [-0.3, -0.25) is 0 Å². The van der Waals surface area contributed by atoms with Crippen LogP contribution in [0.3, 0.4) is 0 Å². The van der Waals surface area contributed by atoms with Crippen LogP contribution in [-0.2, 0) is 16.4 Å². The second kappa shape index (κ2) is 8.12. The molecule has 1 fully saturated rings. The Bertz CT molecular complexity index is 1180.